The SMILES string of the molecule is Fc1ccc(-c2nc(-c3ccc(F)cc3)nc(-c3cc(-c4nc(-c5ccc(F)cc5)nc(-c5ccc(F)cc5)n4)cc(N4c5ccccc5NC4c4cccc(F)c4)c3)n2)cc1. The number of aromatic nitrogens is 6. The van der Waals surface area contributed by atoms with Gasteiger partial charge in [0.25, 0.3) is 0 Å². The molecule has 0 radical (unpaired) electrons. The fourth-order valence-corrected chi connectivity index (χ4v) is 7.28. The zero-order chi connectivity index (χ0) is 42.3. The molecule has 0 aliphatic carbocycles. The van der Waals surface area contributed by atoms with E-state index in [9.17, 15) is 22.0 Å². The highest BCUT2D eigenvalue weighted by Crippen LogP contribution is 2.47. The van der Waals surface area contributed by atoms with Crippen molar-refractivity contribution in [2.45, 2.75) is 6.17 Å². The normalized spacial score (nSPS) is 13.2. The first-order chi connectivity index (χ1) is 30.2. The minimum absolute atomic E-state index is 0.205. The van der Waals surface area contributed by atoms with Crippen molar-refractivity contribution in [1.82, 2.24) is 29.9 Å². The third-order valence-electron chi connectivity index (χ3n) is 10.3. The van der Waals surface area contributed by atoms with Crippen molar-refractivity contribution >= 4 is 17.1 Å². The van der Waals surface area contributed by atoms with Gasteiger partial charge in [-0.05, 0) is 145 Å². The lowest BCUT2D eigenvalue weighted by Gasteiger charge is -2.28. The Morgan fingerprint density at radius 3 is 1.15 bits per heavy atom. The van der Waals surface area contributed by atoms with Crippen LogP contribution < -0.4 is 10.2 Å². The molecule has 62 heavy (non-hydrogen) atoms. The van der Waals surface area contributed by atoms with Gasteiger partial charge in [-0.1, -0.05) is 24.3 Å². The highest BCUT2D eigenvalue weighted by atomic mass is 19.1. The van der Waals surface area contributed by atoms with Crippen LogP contribution in [0.4, 0.5) is 39.0 Å². The number of benzene rings is 7. The van der Waals surface area contributed by atoms with E-state index >= 15 is 0 Å². The number of para-hydroxylation sites is 2. The minimum Gasteiger partial charge on any atom is -0.359 e. The van der Waals surface area contributed by atoms with E-state index in [1.165, 1.54) is 60.7 Å². The lowest BCUT2D eigenvalue weighted by atomic mass is 10.0. The van der Waals surface area contributed by atoms with Gasteiger partial charge >= 0.3 is 0 Å². The molecule has 0 bridgehead atoms. The summed E-state index contributed by atoms with van der Waals surface area (Å²) in [5.74, 6) is -0.858. The van der Waals surface area contributed by atoms with E-state index in [1.54, 1.807) is 60.7 Å². The van der Waals surface area contributed by atoms with E-state index in [-0.39, 0.29) is 34.9 Å². The van der Waals surface area contributed by atoms with E-state index in [0.717, 1.165) is 11.4 Å². The highest BCUT2D eigenvalue weighted by molar-refractivity contribution is 5.86. The molecule has 2 aromatic heterocycles. The fourth-order valence-electron chi connectivity index (χ4n) is 7.28. The molecule has 1 aliphatic heterocycles. The molecule has 1 atom stereocenters. The number of hydrogen-bond acceptors (Lipinski definition) is 8. The number of hydrogen-bond donors (Lipinski definition) is 1. The van der Waals surface area contributed by atoms with Crippen LogP contribution in [-0.4, -0.2) is 29.9 Å². The lowest BCUT2D eigenvalue weighted by molar-refractivity contribution is 0.623. The number of halogens is 5. The standard InChI is InChI=1S/C49H29F5N8/c50-35-16-8-28(9-17-35)43-56-44(29-10-18-36(51)19-11-29)59-47(58-43)33-24-34(27-40(26-33)62-42-7-2-1-6-41(42)55-49(62)32-4-3-5-39(54)25-32)48-60-45(30-12-20-37(52)21-13-30)57-46(61-48)31-14-22-38(53)23-15-31/h1-27,49,55H. The van der Waals surface area contributed by atoms with Gasteiger partial charge in [0.2, 0.25) is 0 Å². The second kappa shape index (κ2) is 15.8. The molecule has 13 heteroatoms. The third-order valence-corrected chi connectivity index (χ3v) is 10.3. The highest BCUT2D eigenvalue weighted by Gasteiger charge is 2.32. The Labute approximate surface area is 351 Å². The summed E-state index contributed by atoms with van der Waals surface area (Å²) >= 11 is 0. The monoisotopic (exact) mass is 824 g/mol. The molecule has 1 aliphatic rings. The Balaban J connectivity index is 1.24. The van der Waals surface area contributed by atoms with Crippen LogP contribution in [-0.2, 0) is 0 Å². The summed E-state index contributed by atoms with van der Waals surface area (Å²) in [5, 5.41) is 3.54. The van der Waals surface area contributed by atoms with Crippen molar-refractivity contribution in [2.75, 3.05) is 10.2 Å². The molecule has 0 amide bonds. The quantitative estimate of drug-likeness (QED) is 0.151. The van der Waals surface area contributed by atoms with Gasteiger partial charge in [0.05, 0.1) is 11.4 Å². The first-order valence-corrected chi connectivity index (χ1v) is 19.3. The van der Waals surface area contributed by atoms with Crippen molar-refractivity contribution in [2.24, 2.45) is 0 Å². The third kappa shape index (κ3) is 7.58. The summed E-state index contributed by atoms with van der Waals surface area (Å²) in [6.45, 7) is 0. The van der Waals surface area contributed by atoms with Crippen molar-refractivity contribution in [3.63, 3.8) is 0 Å². The van der Waals surface area contributed by atoms with Crippen LogP contribution >= 0.6 is 0 Å². The largest absolute Gasteiger partial charge is 0.359 e. The zero-order valence-electron chi connectivity index (χ0n) is 32.2. The second-order valence-electron chi connectivity index (χ2n) is 14.4. The summed E-state index contributed by atoms with van der Waals surface area (Å²) in [6, 6.07) is 42.4. The number of rotatable bonds is 8. The topological polar surface area (TPSA) is 92.6 Å². The summed E-state index contributed by atoms with van der Waals surface area (Å²) in [7, 11) is 0. The number of fused-ring (bicyclic) bond motifs is 1. The molecule has 0 fully saturated rings. The molecule has 8 nitrogen and oxygen atoms in total. The molecule has 3 heterocycles. The molecule has 10 rings (SSSR count). The molecule has 7 aromatic carbocycles. The summed E-state index contributed by atoms with van der Waals surface area (Å²) in [4.78, 5) is 31.1. The van der Waals surface area contributed by atoms with E-state index < -0.39 is 35.3 Å². The van der Waals surface area contributed by atoms with Crippen molar-refractivity contribution in [1.29, 1.82) is 0 Å². The van der Waals surface area contributed by atoms with Crippen LogP contribution in [0.5, 0.6) is 0 Å². The van der Waals surface area contributed by atoms with Gasteiger partial charge in [-0.3, -0.25) is 0 Å². The second-order valence-corrected chi connectivity index (χ2v) is 14.4. The fraction of sp³-hybridized carbons (Fsp3) is 0.0204. The molecule has 300 valence electrons. The van der Waals surface area contributed by atoms with Crippen LogP contribution in [0, 0.1) is 29.1 Å². The number of anilines is 3. The molecule has 0 spiro atoms. The average molecular weight is 825 g/mol. The Morgan fingerprint density at radius 2 is 0.742 bits per heavy atom. The van der Waals surface area contributed by atoms with Gasteiger partial charge in [0.15, 0.2) is 34.9 Å². The first kappa shape index (κ1) is 38.0. The Kier molecular flexibility index (Phi) is 9.68. The Hall–Kier alpha value is -8.19. The Bertz CT molecular complexity index is 2830. The maximum atomic E-state index is 14.9. The Morgan fingerprint density at radius 1 is 0.355 bits per heavy atom. The van der Waals surface area contributed by atoms with Crippen molar-refractivity contribution < 1.29 is 22.0 Å². The van der Waals surface area contributed by atoms with E-state index in [0.29, 0.717) is 44.6 Å². The molecular formula is C49H29F5N8. The van der Waals surface area contributed by atoms with Gasteiger partial charge in [0, 0.05) is 39.1 Å². The van der Waals surface area contributed by atoms with Crippen molar-refractivity contribution in [3.8, 4) is 68.3 Å². The molecule has 1 unspecified atom stereocenters. The molecule has 9 aromatic rings. The smallest absolute Gasteiger partial charge is 0.164 e. The first-order valence-electron chi connectivity index (χ1n) is 19.3. The number of nitrogens with one attached hydrogen (secondary N) is 1. The van der Waals surface area contributed by atoms with Crippen LogP contribution in [0.3, 0.4) is 0 Å². The van der Waals surface area contributed by atoms with Crippen LogP contribution in [0.25, 0.3) is 68.3 Å². The van der Waals surface area contributed by atoms with Crippen molar-refractivity contribution in [3.05, 3.63) is 198 Å². The van der Waals surface area contributed by atoms with Gasteiger partial charge in [-0.25, -0.2) is 51.9 Å². The number of nitrogens with zero attached hydrogens (tertiary/aromatic N) is 7. The molecular weight excluding hydrogens is 796 g/mol. The van der Waals surface area contributed by atoms with Crippen LogP contribution in [0.1, 0.15) is 11.7 Å². The van der Waals surface area contributed by atoms with E-state index in [4.69, 9.17) is 29.9 Å². The van der Waals surface area contributed by atoms with Crippen LogP contribution in [0.15, 0.2) is 164 Å². The van der Waals surface area contributed by atoms with Gasteiger partial charge in [-0.15, -0.1) is 0 Å². The van der Waals surface area contributed by atoms with E-state index in [2.05, 4.69) is 5.32 Å². The van der Waals surface area contributed by atoms with E-state index in [1.807, 2.05) is 47.4 Å². The summed E-state index contributed by atoms with van der Waals surface area (Å²) in [5.41, 5.74) is 5.78. The maximum Gasteiger partial charge on any atom is 0.164 e. The molecule has 0 saturated heterocycles. The predicted octanol–water partition coefficient (Wildman–Crippen LogP) is 12.0. The minimum atomic E-state index is -0.586. The van der Waals surface area contributed by atoms with Gasteiger partial charge in [-0.2, -0.15) is 0 Å². The zero-order valence-corrected chi connectivity index (χ0v) is 32.2. The summed E-state index contributed by atoms with van der Waals surface area (Å²) < 4.78 is 71.5. The molecule has 0 saturated carbocycles. The molecule has 1 N–H and O–H groups in total. The van der Waals surface area contributed by atoms with Gasteiger partial charge in [0.1, 0.15) is 35.3 Å². The van der Waals surface area contributed by atoms with Crippen LogP contribution in [0.2, 0.25) is 0 Å². The lowest BCUT2D eigenvalue weighted by Crippen LogP contribution is -2.23. The average Bonchev–Trinajstić information content (AvgIpc) is 3.70. The maximum absolute atomic E-state index is 14.9. The van der Waals surface area contributed by atoms with Gasteiger partial charge < -0.3 is 10.2 Å². The summed E-state index contributed by atoms with van der Waals surface area (Å²) in [6.07, 6.45) is -0.586. The predicted molar refractivity (Wildman–Crippen MR) is 227 cm³/mol.